The van der Waals surface area contributed by atoms with Crippen LogP contribution in [-0.4, -0.2) is 26.5 Å². The Morgan fingerprint density at radius 2 is 1.96 bits per heavy atom. The number of nitrogens with zero attached hydrogens (tertiary/aromatic N) is 3. The van der Waals surface area contributed by atoms with Crippen LogP contribution in [0.2, 0.25) is 5.02 Å². The molecule has 3 rings (SSSR count). The number of rotatable bonds is 2. The molecule has 116 valence electrons. The van der Waals surface area contributed by atoms with Crippen molar-refractivity contribution < 1.29 is 9.59 Å². The molecule has 1 fully saturated rings. The molecule has 1 aliphatic heterocycles. The fourth-order valence-corrected chi connectivity index (χ4v) is 2.54. The van der Waals surface area contributed by atoms with E-state index in [2.05, 4.69) is 10.3 Å². The molecule has 0 spiro atoms. The van der Waals surface area contributed by atoms with E-state index in [0.29, 0.717) is 16.4 Å². The summed E-state index contributed by atoms with van der Waals surface area (Å²) < 4.78 is 1.70. The second-order valence-corrected chi connectivity index (χ2v) is 5.69. The number of halogens is 1. The number of anilines is 1. The van der Waals surface area contributed by atoms with E-state index in [0.717, 1.165) is 0 Å². The number of imidazole rings is 1. The zero-order valence-corrected chi connectivity index (χ0v) is 13.6. The van der Waals surface area contributed by atoms with Crippen LogP contribution in [0.25, 0.3) is 6.08 Å². The third-order valence-corrected chi connectivity index (χ3v) is 3.87. The maximum Gasteiger partial charge on any atom is 0.270 e. The summed E-state index contributed by atoms with van der Waals surface area (Å²) in [7, 11) is 1.77. The Labute approximate surface area is 142 Å². The summed E-state index contributed by atoms with van der Waals surface area (Å²) in [5.41, 5.74) is 1.14. The average molecular weight is 347 g/mol. The molecule has 1 saturated heterocycles. The monoisotopic (exact) mass is 346 g/mol. The van der Waals surface area contributed by atoms with Crippen molar-refractivity contribution in [2.45, 2.75) is 0 Å². The van der Waals surface area contributed by atoms with Gasteiger partial charge >= 0.3 is 0 Å². The molecule has 2 heterocycles. The molecule has 6 nitrogen and oxygen atoms in total. The first-order valence-electron chi connectivity index (χ1n) is 6.60. The number of thiocarbonyl (C=S) groups is 1. The van der Waals surface area contributed by atoms with Crippen molar-refractivity contribution in [3.63, 3.8) is 0 Å². The molecule has 8 heteroatoms. The Kier molecular flexibility index (Phi) is 3.97. The van der Waals surface area contributed by atoms with Gasteiger partial charge in [0.2, 0.25) is 0 Å². The SMILES string of the molecule is Cn1cncc1/C=C1\C(=O)NC(=S)N(c2ccc(Cl)cc2)C1=O. The van der Waals surface area contributed by atoms with Crippen LogP contribution in [0.5, 0.6) is 0 Å². The minimum Gasteiger partial charge on any atom is -0.334 e. The molecule has 1 aromatic heterocycles. The Morgan fingerprint density at radius 3 is 2.57 bits per heavy atom. The number of hydrogen-bond acceptors (Lipinski definition) is 4. The largest absolute Gasteiger partial charge is 0.334 e. The number of carbonyl (C=O) groups excluding carboxylic acids is 2. The summed E-state index contributed by atoms with van der Waals surface area (Å²) in [5.74, 6) is -1.03. The van der Waals surface area contributed by atoms with E-state index in [1.165, 1.54) is 11.0 Å². The molecule has 0 radical (unpaired) electrons. The molecule has 1 aromatic carbocycles. The van der Waals surface area contributed by atoms with Crippen LogP contribution in [-0.2, 0) is 16.6 Å². The van der Waals surface area contributed by atoms with Gasteiger partial charge < -0.3 is 4.57 Å². The van der Waals surface area contributed by atoms with Crippen molar-refractivity contribution in [3.05, 3.63) is 53.1 Å². The lowest BCUT2D eigenvalue weighted by Crippen LogP contribution is -2.54. The normalized spacial score (nSPS) is 16.9. The highest BCUT2D eigenvalue weighted by molar-refractivity contribution is 7.80. The lowest BCUT2D eigenvalue weighted by atomic mass is 10.1. The molecular formula is C15H11ClN4O2S. The van der Waals surface area contributed by atoms with Gasteiger partial charge in [-0.25, -0.2) is 4.98 Å². The number of hydrogen-bond donors (Lipinski definition) is 1. The lowest BCUT2D eigenvalue weighted by Gasteiger charge is -2.28. The van der Waals surface area contributed by atoms with Crippen LogP contribution in [0, 0.1) is 0 Å². The highest BCUT2D eigenvalue weighted by Crippen LogP contribution is 2.23. The Balaban J connectivity index is 2.02. The lowest BCUT2D eigenvalue weighted by molar-refractivity contribution is -0.122. The van der Waals surface area contributed by atoms with Crippen LogP contribution in [0.3, 0.4) is 0 Å². The Hall–Kier alpha value is -2.51. The van der Waals surface area contributed by atoms with Crippen LogP contribution in [0.4, 0.5) is 5.69 Å². The summed E-state index contributed by atoms with van der Waals surface area (Å²) in [5, 5.41) is 3.09. The molecule has 2 aromatic rings. The minimum absolute atomic E-state index is 0.0165. The number of benzene rings is 1. The predicted octanol–water partition coefficient (Wildman–Crippen LogP) is 1.90. The van der Waals surface area contributed by atoms with Gasteiger partial charge in [0.05, 0.1) is 23.9 Å². The van der Waals surface area contributed by atoms with E-state index in [1.54, 1.807) is 48.4 Å². The van der Waals surface area contributed by atoms with Crippen molar-refractivity contribution in [1.29, 1.82) is 0 Å². The third-order valence-electron chi connectivity index (χ3n) is 3.33. The highest BCUT2D eigenvalue weighted by atomic mass is 35.5. The molecule has 1 aliphatic rings. The number of nitrogens with one attached hydrogen (secondary N) is 1. The van der Waals surface area contributed by atoms with Crippen molar-refractivity contribution in [2.24, 2.45) is 7.05 Å². The molecule has 2 amide bonds. The van der Waals surface area contributed by atoms with Crippen LogP contribution in [0.1, 0.15) is 5.69 Å². The predicted molar refractivity (Wildman–Crippen MR) is 90.9 cm³/mol. The van der Waals surface area contributed by atoms with Gasteiger partial charge in [0.1, 0.15) is 5.57 Å². The first-order chi connectivity index (χ1) is 11.0. The first kappa shape index (κ1) is 15.4. The molecular weight excluding hydrogens is 336 g/mol. The smallest absolute Gasteiger partial charge is 0.270 e. The minimum atomic E-state index is -0.536. The fraction of sp³-hybridized carbons (Fsp3) is 0.0667. The number of aromatic nitrogens is 2. The van der Waals surface area contributed by atoms with Gasteiger partial charge in [-0.05, 0) is 42.6 Å². The third kappa shape index (κ3) is 2.88. The maximum atomic E-state index is 12.7. The number of amides is 2. The molecule has 0 saturated carbocycles. The van der Waals surface area contributed by atoms with E-state index in [-0.39, 0.29) is 10.7 Å². The van der Waals surface area contributed by atoms with E-state index in [1.807, 2.05) is 0 Å². The first-order valence-corrected chi connectivity index (χ1v) is 7.39. The molecule has 0 aliphatic carbocycles. The standard InChI is InChI=1S/C15H11ClN4O2S/c1-19-8-17-7-11(19)6-12-13(21)18-15(23)20(14(12)22)10-4-2-9(16)3-5-10/h2-8H,1H3,(H,18,21,23)/b12-6+. The van der Waals surface area contributed by atoms with Gasteiger partial charge in [-0.2, -0.15) is 0 Å². The summed E-state index contributed by atoms with van der Waals surface area (Å²) in [6.07, 6.45) is 4.63. The van der Waals surface area contributed by atoms with Gasteiger partial charge in [0.25, 0.3) is 11.8 Å². The molecule has 0 atom stereocenters. The summed E-state index contributed by atoms with van der Waals surface area (Å²) in [6, 6.07) is 6.61. The quantitative estimate of drug-likeness (QED) is 0.512. The second-order valence-electron chi connectivity index (χ2n) is 4.86. The molecule has 1 N–H and O–H groups in total. The van der Waals surface area contributed by atoms with E-state index < -0.39 is 11.8 Å². The van der Waals surface area contributed by atoms with Gasteiger partial charge in [-0.1, -0.05) is 11.6 Å². The van der Waals surface area contributed by atoms with Gasteiger partial charge in [-0.3, -0.25) is 19.8 Å². The summed E-state index contributed by atoms with van der Waals surface area (Å²) >= 11 is 11.0. The van der Waals surface area contributed by atoms with E-state index in [4.69, 9.17) is 23.8 Å². The van der Waals surface area contributed by atoms with Crippen molar-refractivity contribution in [2.75, 3.05) is 4.90 Å². The van der Waals surface area contributed by atoms with Crippen LogP contribution < -0.4 is 10.2 Å². The molecule has 0 bridgehead atoms. The maximum absolute atomic E-state index is 12.7. The topological polar surface area (TPSA) is 67.2 Å². The van der Waals surface area contributed by atoms with Gasteiger partial charge in [-0.15, -0.1) is 0 Å². The van der Waals surface area contributed by atoms with Crippen LogP contribution >= 0.6 is 23.8 Å². The second kappa shape index (κ2) is 5.94. The van der Waals surface area contributed by atoms with Crippen molar-refractivity contribution in [3.8, 4) is 0 Å². The number of carbonyl (C=O) groups is 2. The number of aryl methyl sites for hydroxylation is 1. The zero-order valence-electron chi connectivity index (χ0n) is 12.0. The fourth-order valence-electron chi connectivity index (χ4n) is 2.14. The Morgan fingerprint density at radius 1 is 1.26 bits per heavy atom. The van der Waals surface area contributed by atoms with Crippen LogP contribution in [0.15, 0.2) is 42.4 Å². The van der Waals surface area contributed by atoms with Crippen molar-refractivity contribution >= 4 is 52.5 Å². The highest BCUT2D eigenvalue weighted by Gasteiger charge is 2.34. The molecule has 23 heavy (non-hydrogen) atoms. The van der Waals surface area contributed by atoms with E-state index >= 15 is 0 Å². The summed E-state index contributed by atoms with van der Waals surface area (Å²) in [6.45, 7) is 0. The zero-order chi connectivity index (χ0) is 16.6. The molecule has 0 unspecified atom stereocenters. The summed E-state index contributed by atoms with van der Waals surface area (Å²) in [4.78, 5) is 30.1. The van der Waals surface area contributed by atoms with Crippen molar-refractivity contribution in [1.82, 2.24) is 14.9 Å². The van der Waals surface area contributed by atoms with E-state index in [9.17, 15) is 9.59 Å². The average Bonchev–Trinajstić information content (AvgIpc) is 2.90. The van der Waals surface area contributed by atoms with Gasteiger partial charge in [0.15, 0.2) is 5.11 Å². The van der Waals surface area contributed by atoms with Gasteiger partial charge in [0, 0.05) is 12.1 Å². The Bertz CT molecular complexity index is 841.